The molecule has 0 N–H and O–H groups in total. The van der Waals surface area contributed by atoms with Crippen molar-refractivity contribution in [3.8, 4) is 34.4 Å². The first-order valence-electron chi connectivity index (χ1n) is 15.0. The number of aromatic nitrogens is 2. The lowest BCUT2D eigenvalue weighted by Gasteiger charge is -2.14. The van der Waals surface area contributed by atoms with E-state index in [1.807, 2.05) is 89.5 Å². The van der Waals surface area contributed by atoms with Gasteiger partial charge in [0, 0.05) is 6.07 Å². The van der Waals surface area contributed by atoms with Gasteiger partial charge in [-0.1, -0.05) is 140 Å². The van der Waals surface area contributed by atoms with E-state index in [1.54, 1.807) is 17.6 Å². The lowest BCUT2D eigenvalue weighted by molar-refractivity contribution is 0.766. The molecular formula is C42H40N2O2. The zero-order valence-corrected chi connectivity index (χ0v) is 25.9. The first kappa shape index (κ1) is 33.2. The summed E-state index contributed by atoms with van der Waals surface area (Å²) in [6, 6.07) is 45.8. The van der Waals surface area contributed by atoms with Gasteiger partial charge >= 0.3 is 0 Å². The van der Waals surface area contributed by atoms with Gasteiger partial charge in [0.15, 0.2) is 0 Å². The molecule has 0 saturated carbocycles. The predicted octanol–water partition coefficient (Wildman–Crippen LogP) is 8.75. The third kappa shape index (κ3) is 8.28. The lowest BCUT2D eigenvalue weighted by Crippen LogP contribution is -2.24. The number of hydrogen-bond acceptors (Lipinski definition) is 2. The molecule has 0 spiro atoms. The molecule has 0 saturated heterocycles. The Hall–Kier alpha value is -5.66. The highest BCUT2D eigenvalue weighted by molar-refractivity contribution is 5.61. The highest BCUT2D eigenvalue weighted by Gasteiger charge is 2.10. The summed E-state index contributed by atoms with van der Waals surface area (Å²) in [5, 5.41) is 0. The second-order valence-corrected chi connectivity index (χ2v) is 10.9. The van der Waals surface area contributed by atoms with Crippen molar-refractivity contribution in [2.24, 2.45) is 0 Å². The van der Waals surface area contributed by atoms with Crippen LogP contribution >= 0.6 is 0 Å². The summed E-state index contributed by atoms with van der Waals surface area (Å²) in [7, 11) is 0. The van der Waals surface area contributed by atoms with Crippen molar-refractivity contribution in [2.75, 3.05) is 0 Å². The summed E-state index contributed by atoms with van der Waals surface area (Å²) in [6.07, 6.45) is 0. The van der Waals surface area contributed by atoms with Crippen LogP contribution in [0.4, 0.5) is 0 Å². The molecule has 0 atom stereocenters. The second kappa shape index (κ2) is 15.9. The normalized spacial score (nSPS) is 10.1. The fourth-order valence-corrected chi connectivity index (χ4v) is 5.12. The van der Waals surface area contributed by atoms with E-state index in [9.17, 15) is 9.59 Å². The third-order valence-electron chi connectivity index (χ3n) is 7.55. The monoisotopic (exact) mass is 604 g/mol. The maximum absolute atomic E-state index is 12.9. The van der Waals surface area contributed by atoms with Crippen molar-refractivity contribution in [1.82, 2.24) is 9.13 Å². The third-order valence-corrected chi connectivity index (χ3v) is 7.55. The Morgan fingerprint density at radius 1 is 0.522 bits per heavy atom. The predicted molar refractivity (Wildman–Crippen MR) is 192 cm³/mol. The molecule has 4 heteroatoms. The van der Waals surface area contributed by atoms with Crippen molar-refractivity contribution < 1.29 is 0 Å². The minimum absolute atomic E-state index is 0. The Bertz CT molecular complexity index is 2040. The Morgan fingerprint density at radius 2 is 1.00 bits per heavy atom. The summed E-state index contributed by atoms with van der Waals surface area (Å²) in [5.74, 6) is 5.73. The van der Waals surface area contributed by atoms with E-state index in [0.29, 0.717) is 18.7 Å². The molecule has 0 unspecified atom stereocenters. The lowest BCUT2D eigenvalue weighted by atomic mass is 10.1. The second-order valence-electron chi connectivity index (χ2n) is 10.9. The van der Waals surface area contributed by atoms with Gasteiger partial charge in [-0.15, -0.1) is 5.92 Å². The van der Waals surface area contributed by atoms with Crippen LogP contribution in [0, 0.1) is 25.7 Å². The van der Waals surface area contributed by atoms with Crippen LogP contribution in [0.5, 0.6) is 0 Å². The molecule has 6 aromatic rings. The summed E-state index contributed by atoms with van der Waals surface area (Å²) in [5.41, 5.74) is 9.11. The molecule has 0 aliphatic carbocycles. The minimum atomic E-state index is -0.0497. The van der Waals surface area contributed by atoms with Crippen LogP contribution in [-0.2, 0) is 13.1 Å². The number of rotatable bonds is 6. The summed E-state index contributed by atoms with van der Waals surface area (Å²) >= 11 is 0. The highest BCUT2D eigenvalue weighted by atomic mass is 16.1. The van der Waals surface area contributed by atoms with Gasteiger partial charge in [-0.2, -0.15) is 0 Å². The van der Waals surface area contributed by atoms with Crippen molar-refractivity contribution in [3.63, 3.8) is 0 Å². The fraction of sp³-hybridized carbons (Fsp3) is 0.143. The average molecular weight is 605 g/mol. The molecule has 0 aliphatic rings. The molecule has 0 bridgehead atoms. The molecule has 6 rings (SSSR count). The van der Waals surface area contributed by atoms with Crippen LogP contribution in [0.25, 0.3) is 22.5 Å². The maximum atomic E-state index is 12.9. The van der Waals surface area contributed by atoms with Gasteiger partial charge in [0.05, 0.1) is 30.0 Å². The standard InChI is InChI=1S/C22H19NO.C19H17NO.CH4/c1-3-7-20-14-15-21(19-8-5-4-6-9-19)23(22(20)24)16-18-12-10-17(2)11-13-18;1-15-10-12-16(13-11-15)14-20-18(8-5-9-19(20)21)17-6-3-2-4-7-17;/h4-6,8-15H,16H2,1-2H3;2-13H,14H2,1H3;1H4. The van der Waals surface area contributed by atoms with Crippen molar-refractivity contribution >= 4 is 0 Å². The van der Waals surface area contributed by atoms with Gasteiger partial charge in [-0.3, -0.25) is 9.59 Å². The quantitative estimate of drug-likeness (QED) is 0.178. The Kier molecular flexibility index (Phi) is 11.5. The summed E-state index contributed by atoms with van der Waals surface area (Å²) in [6.45, 7) is 6.98. The van der Waals surface area contributed by atoms with Crippen LogP contribution in [0.1, 0.15) is 42.2 Å². The summed E-state index contributed by atoms with van der Waals surface area (Å²) < 4.78 is 3.62. The number of pyridine rings is 2. The molecule has 0 aliphatic heterocycles. The fourth-order valence-electron chi connectivity index (χ4n) is 5.12. The zero-order valence-electron chi connectivity index (χ0n) is 25.9. The average Bonchev–Trinajstić information content (AvgIpc) is 3.07. The van der Waals surface area contributed by atoms with Gasteiger partial charge in [0.2, 0.25) is 0 Å². The Balaban J connectivity index is 0.000000206. The largest absolute Gasteiger partial charge is 0.304 e. The number of nitrogens with zero attached hydrogens (tertiary/aromatic N) is 2. The Labute approximate surface area is 272 Å². The van der Waals surface area contributed by atoms with Crippen LogP contribution in [0.3, 0.4) is 0 Å². The van der Waals surface area contributed by atoms with Crippen LogP contribution in [0.2, 0.25) is 0 Å². The highest BCUT2D eigenvalue weighted by Crippen LogP contribution is 2.20. The van der Waals surface area contributed by atoms with Crippen LogP contribution < -0.4 is 11.1 Å². The van der Waals surface area contributed by atoms with E-state index in [1.165, 1.54) is 11.1 Å². The maximum Gasteiger partial charge on any atom is 0.267 e. The number of hydrogen-bond donors (Lipinski definition) is 0. The van der Waals surface area contributed by atoms with Crippen LogP contribution in [-0.4, -0.2) is 9.13 Å². The zero-order chi connectivity index (χ0) is 31.6. The molecule has 0 radical (unpaired) electrons. The smallest absolute Gasteiger partial charge is 0.267 e. The van der Waals surface area contributed by atoms with Gasteiger partial charge in [-0.25, -0.2) is 0 Å². The van der Waals surface area contributed by atoms with Crippen molar-refractivity contribution in [2.45, 2.75) is 41.3 Å². The first-order chi connectivity index (χ1) is 21.9. The molecule has 0 fully saturated rings. The molecule has 230 valence electrons. The molecule has 4 aromatic carbocycles. The molecule has 46 heavy (non-hydrogen) atoms. The molecule has 4 nitrogen and oxygen atoms in total. The number of aryl methyl sites for hydroxylation is 2. The van der Waals surface area contributed by atoms with Gasteiger partial charge in [0.1, 0.15) is 0 Å². The van der Waals surface area contributed by atoms with Gasteiger partial charge < -0.3 is 9.13 Å². The van der Waals surface area contributed by atoms with Gasteiger partial charge in [0.25, 0.3) is 11.1 Å². The molecule has 0 amide bonds. The summed E-state index contributed by atoms with van der Waals surface area (Å²) in [4.78, 5) is 25.1. The van der Waals surface area contributed by atoms with E-state index in [4.69, 9.17) is 0 Å². The molecular weight excluding hydrogens is 564 g/mol. The number of benzene rings is 4. The van der Waals surface area contributed by atoms with E-state index in [2.05, 4.69) is 74.2 Å². The molecule has 2 heterocycles. The topological polar surface area (TPSA) is 44.0 Å². The SMILES string of the molecule is C.CC#Cc1ccc(-c2ccccc2)n(Cc2ccc(C)cc2)c1=O.Cc1ccc(Cn2c(-c3ccccc3)cccc2=O)cc1. The minimum Gasteiger partial charge on any atom is -0.304 e. The van der Waals surface area contributed by atoms with E-state index >= 15 is 0 Å². The Morgan fingerprint density at radius 3 is 1.50 bits per heavy atom. The van der Waals surface area contributed by atoms with E-state index < -0.39 is 0 Å². The van der Waals surface area contributed by atoms with E-state index in [-0.39, 0.29) is 18.5 Å². The van der Waals surface area contributed by atoms with Crippen molar-refractivity contribution in [1.29, 1.82) is 0 Å². The van der Waals surface area contributed by atoms with Crippen molar-refractivity contribution in [3.05, 3.63) is 188 Å². The first-order valence-corrected chi connectivity index (χ1v) is 15.0. The van der Waals surface area contributed by atoms with E-state index in [0.717, 1.165) is 33.6 Å². The van der Waals surface area contributed by atoms with Gasteiger partial charge in [-0.05, 0) is 61.2 Å². The van der Waals surface area contributed by atoms with Crippen LogP contribution in [0.15, 0.2) is 149 Å². The molecule has 2 aromatic heterocycles.